The topological polar surface area (TPSA) is 115 Å². The molecule has 240 valence electrons. The average molecular weight is 655 g/mol. The maximum absolute atomic E-state index is 13.7. The lowest BCUT2D eigenvalue weighted by Crippen LogP contribution is -2.40. The van der Waals surface area contributed by atoms with Gasteiger partial charge in [-0.25, -0.2) is 13.6 Å². The van der Waals surface area contributed by atoms with Gasteiger partial charge in [-0.15, -0.1) is 11.3 Å². The molecule has 0 saturated carbocycles. The first-order chi connectivity index (χ1) is 21.0. The molecule has 0 amide bonds. The molecule has 44 heavy (non-hydrogen) atoms. The zero-order valence-corrected chi connectivity index (χ0v) is 26.3. The van der Waals surface area contributed by atoms with Gasteiger partial charge in [0.1, 0.15) is 12.4 Å². The molecule has 1 aliphatic heterocycles. The fourth-order valence-electron chi connectivity index (χ4n) is 4.95. The van der Waals surface area contributed by atoms with Crippen molar-refractivity contribution in [3.05, 3.63) is 46.8 Å². The van der Waals surface area contributed by atoms with Crippen LogP contribution < -0.4 is 20.5 Å². The number of thiophene rings is 1. The van der Waals surface area contributed by atoms with E-state index in [1.54, 1.807) is 19.2 Å². The minimum atomic E-state index is -4.40. The van der Waals surface area contributed by atoms with Crippen LogP contribution in [0.2, 0.25) is 0 Å². The molecule has 14 heteroatoms. The summed E-state index contributed by atoms with van der Waals surface area (Å²) in [6.45, 7) is 3.92. The molecule has 0 aliphatic carbocycles. The lowest BCUT2D eigenvalue weighted by molar-refractivity contribution is -0.126. The van der Waals surface area contributed by atoms with Crippen LogP contribution in [-0.2, 0) is 25.9 Å². The van der Waals surface area contributed by atoms with Gasteiger partial charge in [0.2, 0.25) is 10.0 Å². The molecule has 1 saturated heterocycles. The summed E-state index contributed by atoms with van der Waals surface area (Å²) in [6.07, 6.45) is -3.64. The van der Waals surface area contributed by atoms with Crippen LogP contribution in [0.25, 0.3) is 10.1 Å². The van der Waals surface area contributed by atoms with E-state index in [0.717, 1.165) is 42.9 Å². The van der Waals surface area contributed by atoms with E-state index in [-0.39, 0.29) is 42.0 Å². The number of hydrogen-bond acceptors (Lipinski definition) is 9. The van der Waals surface area contributed by atoms with Gasteiger partial charge >= 0.3 is 6.18 Å². The monoisotopic (exact) mass is 654 g/mol. The first-order valence-electron chi connectivity index (χ1n) is 14.1. The van der Waals surface area contributed by atoms with E-state index in [9.17, 15) is 21.6 Å². The second-order valence-electron chi connectivity index (χ2n) is 10.3. The van der Waals surface area contributed by atoms with Crippen LogP contribution in [0, 0.1) is 11.8 Å². The number of nitrogens with zero attached hydrogens (tertiary/aromatic N) is 1. The number of primary sulfonamides is 1. The quantitative estimate of drug-likeness (QED) is 0.180. The first-order valence-corrected chi connectivity index (χ1v) is 16.4. The summed E-state index contributed by atoms with van der Waals surface area (Å²) in [5.74, 6) is 6.10. The number of likely N-dealkylation sites (tertiary alicyclic amines) is 1. The van der Waals surface area contributed by atoms with Crippen molar-refractivity contribution < 1.29 is 35.8 Å². The summed E-state index contributed by atoms with van der Waals surface area (Å²) in [4.78, 5) is 2.58. The zero-order chi connectivity index (χ0) is 31.7. The SMILES string of the molecule is COCCOc1cc(S(N)(=O)=O)ccc1NCC#Cc1sc2c(NC3CCN(CCOC)CC3)cccc2c1CC(F)(F)F. The predicted molar refractivity (Wildman–Crippen MR) is 167 cm³/mol. The third kappa shape index (κ3) is 9.47. The molecule has 1 fully saturated rings. The molecule has 0 radical (unpaired) electrons. The molecule has 3 aromatic rings. The van der Waals surface area contributed by atoms with Gasteiger partial charge < -0.3 is 29.7 Å². The Morgan fingerprint density at radius 2 is 1.82 bits per heavy atom. The number of sulfonamides is 1. The van der Waals surface area contributed by atoms with Crippen molar-refractivity contribution in [1.82, 2.24) is 4.90 Å². The van der Waals surface area contributed by atoms with Crippen molar-refractivity contribution in [2.75, 3.05) is 70.9 Å². The van der Waals surface area contributed by atoms with Gasteiger partial charge in [0.15, 0.2) is 0 Å². The normalized spacial score (nSPS) is 14.8. The Bertz CT molecular complexity index is 1580. The largest absolute Gasteiger partial charge is 0.489 e. The Kier molecular flexibility index (Phi) is 11.8. The summed E-state index contributed by atoms with van der Waals surface area (Å²) in [5.41, 5.74) is 1.42. The van der Waals surface area contributed by atoms with Crippen LogP contribution in [0.15, 0.2) is 41.3 Å². The molecule has 2 heterocycles. The first kappa shape index (κ1) is 33.8. The van der Waals surface area contributed by atoms with Crippen molar-refractivity contribution in [2.45, 2.75) is 36.4 Å². The van der Waals surface area contributed by atoms with Gasteiger partial charge in [0.25, 0.3) is 0 Å². The molecule has 2 aromatic carbocycles. The predicted octanol–water partition coefficient (Wildman–Crippen LogP) is 4.67. The average Bonchev–Trinajstić information content (AvgIpc) is 3.31. The number of piperidine rings is 1. The molecule has 9 nitrogen and oxygen atoms in total. The molecule has 0 atom stereocenters. The number of benzene rings is 2. The number of alkyl halides is 3. The fraction of sp³-hybridized carbons (Fsp3) is 0.467. The van der Waals surface area contributed by atoms with Gasteiger partial charge in [-0.2, -0.15) is 13.2 Å². The molecule has 0 unspecified atom stereocenters. The molecule has 1 aliphatic rings. The van der Waals surface area contributed by atoms with E-state index in [4.69, 9.17) is 19.3 Å². The molecule has 0 bridgehead atoms. The summed E-state index contributed by atoms with van der Waals surface area (Å²) < 4.78 is 81.1. The Morgan fingerprint density at radius 1 is 1.07 bits per heavy atom. The highest BCUT2D eigenvalue weighted by Crippen LogP contribution is 2.39. The van der Waals surface area contributed by atoms with Crippen molar-refractivity contribution >= 4 is 42.8 Å². The van der Waals surface area contributed by atoms with Crippen LogP contribution in [0.1, 0.15) is 23.3 Å². The number of ether oxygens (including phenoxy) is 3. The van der Waals surface area contributed by atoms with Gasteiger partial charge in [-0.05, 0) is 42.0 Å². The maximum atomic E-state index is 13.7. The number of nitrogens with one attached hydrogen (secondary N) is 2. The number of fused-ring (bicyclic) bond motifs is 1. The van der Waals surface area contributed by atoms with E-state index in [0.29, 0.717) is 22.6 Å². The summed E-state index contributed by atoms with van der Waals surface area (Å²) in [5, 5.41) is 12.4. The third-order valence-electron chi connectivity index (χ3n) is 7.15. The lowest BCUT2D eigenvalue weighted by Gasteiger charge is -2.32. The molecular weight excluding hydrogens is 617 g/mol. The van der Waals surface area contributed by atoms with E-state index < -0.39 is 22.6 Å². The number of rotatable bonds is 13. The number of halogens is 3. The molecule has 4 rings (SSSR count). The smallest absolute Gasteiger partial charge is 0.393 e. The number of hydrogen-bond donors (Lipinski definition) is 3. The Balaban J connectivity index is 1.54. The highest BCUT2D eigenvalue weighted by molar-refractivity contribution is 7.89. The van der Waals surface area contributed by atoms with Gasteiger partial charge in [0, 0.05) is 46.0 Å². The molecule has 4 N–H and O–H groups in total. The minimum absolute atomic E-state index is 0.0712. The van der Waals surface area contributed by atoms with E-state index in [2.05, 4.69) is 27.4 Å². The van der Waals surface area contributed by atoms with Gasteiger partial charge in [-0.1, -0.05) is 24.0 Å². The standard InChI is InChI=1S/C30H37F3N4O5S2/c1-40-16-15-37-13-10-21(11-14-37)36-26-6-3-5-23-24(20-30(31,32)33)28(43-29(23)26)7-4-12-35-25-9-8-22(44(34,38)39)19-27(25)42-18-17-41-2/h3,5-6,8-9,19,21,35-36H,10-18,20H2,1-2H3,(H2,34,38,39). The van der Waals surface area contributed by atoms with Crippen molar-refractivity contribution in [3.8, 4) is 17.6 Å². The zero-order valence-electron chi connectivity index (χ0n) is 24.6. The van der Waals surface area contributed by atoms with E-state index in [1.807, 2.05) is 6.07 Å². The molecule has 0 spiro atoms. The number of methoxy groups -OCH3 is 2. The van der Waals surface area contributed by atoms with Crippen molar-refractivity contribution in [3.63, 3.8) is 0 Å². The van der Waals surface area contributed by atoms with Crippen LogP contribution in [0.3, 0.4) is 0 Å². The molecular formula is C30H37F3N4O5S2. The van der Waals surface area contributed by atoms with E-state index in [1.165, 1.54) is 36.6 Å². The van der Waals surface area contributed by atoms with Crippen LogP contribution in [-0.4, -0.2) is 85.8 Å². The van der Waals surface area contributed by atoms with Crippen molar-refractivity contribution in [1.29, 1.82) is 0 Å². The van der Waals surface area contributed by atoms with Gasteiger partial charge in [0.05, 0.1) is 52.0 Å². The highest BCUT2D eigenvalue weighted by Gasteiger charge is 2.31. The highest BCUT2D eigenvalue weighted by atomic mass is 32.2. The number of nitrogens with two attached hydrogens (primary N) is 1. The summed E-state index contributed by atoms with van der Waals surface area (Å²) >= 11 is 1.25. The molecule has 1 aromatic heterocycles. The van der Waals surface area contributed by atoms with Crippen LogP contribution in [0.4, 0.5) is 24.5 Å². The van der Waals surface area contributed by atoms with Crippen molar-refractivity contribution in [2.24, 2.45) is 5.14 Å². The Hall–Kier alpha value is -3.06. The second-order valence-corrected chi connectivity index (χ2v) is 12.9. The van der Waals surface area contributed by atoms with Crippen LogP contribution >= 0.6 is 11.3 Å². The Labute approximate surface area is 259 Å². The lowest BCUT2D eigenvalue weighted by atomic mass is 10.0. The van der Waals surface area contributed by atoms with Gasteiger partial charge in [-0.3, -0.25) is 0 Å². The number of anilines is 2. The minimum Gasteiger partial charge on any atom is -0.489 e. The van der Waals surface area contributed by atoms with Crippen LogP contribution in [0.5, 0.6) is 5.75 Å². The summed E-state index contributed by atoms with van der Waals surface area (Å²) in [6, 6.07) is 9.74. The third-order valence-corrected chi connectivity index (χ3v) is 9.26. The summed E-state index contributed by atoms with van der Waals surface area (Å²) in [7, 11) is -0.762. The van der Waals surface area contributed by atoms with E-state index >= 15 is 0 Å². The fourth-order valence-corrected chi connectivity index (χ4v) is 6.65. The second kappa shape index (κ2) is 15.3. The Morgan fingerprint density at radius 3 is 2.50 bits per heavy atom. The maximum Gasteiger partial charge on any atom is 0.393 e.